The molecule has 2 atom stereocenters. The van der Waals surface area contributed by atoms with E-state index in [1.165, 1.54) is 11.1 Å². The monoisotopic (exact) mass is 269 g/mol. The van der Waals surface area contributed by atoms with E-state index in [9.17, 15) is 5.11 Å². The van der Waals surface area contributed by atoms with Crippen LogP contribution in [0.4, 0.5) is 0 Å². The number of rotatable bonds is 5. The minimum atomic E-state index is -0.505. The third-order valence-electron chi connectivity index (χ3n) is 4.28. The normalized spacial score (nSPS) is 15.6. The van der Waals surface area contributed by atoms with Crippen LogP contribution < -0.4 is 5.73 Å². The summed E-state index contributed by atoms with van der Waals surface area (Å²) in [7, 11) is 0. The summed E-state index contributed by atoms with van der Waals surface area (Å²) in [6.07, 6.45) is 0.243. The van der Waals surface area contributed by atoms with Gasteiger partial charge in [0.2, 0.25) is 0 Å². The first-order chi connectivity index (χ1) is 9.60. The Morgan fingerprint density at radius 1 is 1.05 bits per heavy atom. The Morgan fingerprint density at radius 3 is 2.20 bits per heavy atom. The van der Waals surface area contributed by atoms with E-state index in [1.807, 2.05) is 37.3 Å². The third-order valence-corrected chi connectivity index (χ3v) is 4.28. The smallest absolute Gasteiger partial charge is 0.0624 e. The van der Waals surface area contributed by atoms with E-state index in [-0.39, 0.29) is 0 Å². The van der Waals surface area contributed by atoms with E-state index in [4.69, 9.17) is 5.73 Å². The molecule has 0 aliphatic heterocycles. The van der Waals surface area contributed by atoms with Crippen LogP contribution in [-0.4, -0.2) is 17.8 Å². The van der Waals surface area contributed by atoms with Crippen molar-refractivity contribution >= 4 is 0 Å². The van der Waals surface area contributed by atoms with Crippen LogP contribution in [0, 0.1) is 6.92 Å². The quantitative estimate of drug-likeness (QED) is 0.876. The molecule has 0 aromatic heterocycles. The van der Waals surface area contributed by atoms with Crippen LogP contribution in [0.25, 0.3) is 0 Å². The van der Waals surface area contributed by atoms with Crippen LogP contribution in [0.3, 0.4) is 0 Å². The molecule has 0 fully saturated rings. The van der Waals surface area contributed by atoms with Gasteiger partial charge in [0.1, 0.15) is 0 Å². The molecule has 2 nitrogen and oxygen atoms in total. The number of hydrogen-bond donors (Lipinski definition) is 2. The SMILES string of the molecule is Cc1ccccc1CC(CN)(c1ccccc1)C(C)O. The number of benzene rings is 2. The fraction of sp³-hybridized carbons (Fsp3) is 0.333. The molecule has 0 spiro atoms. The molecule has 0 aliphatic carbocycles. The molecular weight excluding hydrogens is 246 g/mol. The number of aryl methyl sites for hydroxylation is 1. The Bertz CT molecular complexity index is 550. The van der Waals surface area contributed by atoms with E-state index in [0.717, 1.165) is 12.0 Å². The maximum Gasteiger partial charge on any atom is 0.0624 e. The van der Waals surface area contributed by atoms with Crippen molar-refractivity contribution in [2.75, 3.05) is 6.54 Å². The van der Waals surface area contributed by atoms with Gasteiger partial charge in [0.05, 0.1) is 6.10 Å². The lowest BCUT2D eigenvalue weighted by atomic mass is 9.71. The van der Waals surface area contributed by atoms with Crippen molar-refractivity contribution in [3.63, 3.8) is 0 Å². The Morgan fingerprint density at radius 2 is 1.65 bits per heavy atom. The molecule has 0 saturated carbocycles. The molecule has 0 radical (unpaired) electrons. The molecular formula is C18H23NO. The van der Waals surface area contributed by atoms with E-state index in [2.05, 4.69) is 31.2 Å². The van der Waals surface area contributed by atoms with Gasteiger partial charge in [-0.2, -0.15) is 0 Å². The zero-order valence-corrected chi connectivity index (χ0v) is 12.2. The molecule has 0 aliphatic rings. The van der Waals surface area contributed by atoms with Crippen LogP contribution in [0.5, 0.6) is 0 Å². The summed E-state index contributed by atoms with van der Waals surface area (Å²) < 4.78 is 0. The van der Waals surface area contributed by atoms with Gasteiger partial charge in [0.15, 0.2) is 0 Å². The largest absolute Gasteiger partial charge is 0.392 e. The summed E-state index contributed by atoms with van der Waals surface area (Å²) in [5.41, 5.74) is 9.22. The van der Waals surface area contributed by atoms with E-state index in [0.29, 0.717) is 6.54 Å². The maximum absolute atomic E-state index is 10.4. The Kier molecular flexibility index (Phi) is 4.58. The van der Waals surface area contributed by atoms with Gasteiger partial charge in [0, 0.05) is 12.0 Å². The van der Waals surface area contributed by atoms with Gasteiger partial charge in [-0.1, -0.05) is 54.6 Å². The van der Waals surface area contributed by atoms with Crippen LogP contribution in [0.1, 0.15) is 23.6 Å². The van der Waals surface area contributed by atoms with Crippen LogP contribution >= 0.6 is 0 Å². The topological polar surface area (TPSA) is 46.2 Å². The van der Waals surface area contributed by atoms with Crippen molar-refractivity contribution in [1.29, 1.82) is 0 Å². The van der Waals surface area contributed by atoms with Crippen LogP contribution in [0.15, 0.2) is 54.6 Å². The van der Waals surface area contributed by atoms with Gasteiger partial charge >= 0.3 is 0 Å². The molecule has 0 heterocycles. The second-order valence-corrected chi connectivity index (χ2v) is 5.51. The van der Waals surface area contributed by atoms with Gasteiger partial charge in [-0.15, -0.1) is 0 Å². The van der Waals surface area contributed by atoms with Gasteiger partial charge in [0.25, 0.3) is 0 Å². The predicted octanol–water partition coefficient (Wildman–Crippen LogP) is 2.82. The van der Waals surface area contributed by atoms with Gasteiger partial charge in [-0.3, -0.25) is 0 Å². The number of hydrogen-bond acceptors (Lipinski definition) is 2. The number of nitrogens with two attached hydrogens (primary N) is 1. The zero-order chi connectivity index (χ0) is 14.6. The van der Waals surface area contributed by atoms with Crippen molar-refractivity contribution in [2.24, 2.45) is 5.73 Å². The van der Waals surface area contributed by atoms with Crippen molar-refractivity contribution in [3.8, 4) is 0 Å². The van der Waals surface area contributed by atoms with Crippen molar-refractivity contribution in [1.82, 2.24) is 0 Å². The van der Waals surface area contributed by atoms with Crippen LogP contribution in [0.2, 0.25) is 0 Å². The first-order valence-electron chi connectivity index (χ1n) is 7.08. The standard InChI is InChI=1S/C18H23NO/c1-14-8-6-7-9-16(14)12-18(13-19,15(2)20)17-10-4-3-5-11-17/h3-11,15,20H,12-13,19H2,1-2H3. The van der Waals surface area contributed by atoms with Gasteiger partial charge in [-0.25, -0.2) is 0 Å². The van der Waals surface area contributed by atoms with E-state index in [1.54, 1.807) is 0 Å². The second-order valence-electron chi connectivity index (χ2n) is 5.51. The maximum atomic E-state index is 10.4. The Hall–Kier alpha value is -1.64. The molecule has 20 heavy (non-hydrogen) atoms. The second kappa shape index (κ2) is 6.21. The molecule has 2 heteroatoms. The number of aliphatic hydroxyl groups is 1. The third kappa shape index (κ3) is 2.77. The van der Waals surface area contributed by atoms with Gasteiger partial charge in [-0.05, 0) is 37.0 Å². The molecule has 2 aromatic carbocycles. The zero-order valence-electron chi connectivity index (χ0n) is 12.2. The molecule has 0 saturated heterocycles. The highest BCUT2D eigenvalue weighted by Crippen LogP contribution is 2.32. The highest BCUT2D eigenvalue weighted by Gasteiger charge is 2.36. The molecule has 0 amide bonds. The first-order valence-corrected chi connectivity index (χ1v) is 7.08. The number of aliphatic hydroxyl groups excluding tert-OH is 1. The van der Waals surface area contributed by atoms with Crippen molar-refractivity contribution in [3.05, 3.63) is 71.3 Å². The lowest BCUT2D eigenvalue weighted by Crippen LogP contribution is -2.46. The summed E-state index contributed by atoms with van der Waals surface area (Å²) >= 11 is 0. The van der Waals surface area contributed by atoms with E-state index < -0.39 is 11.5 Å². The highest BCUT2D eigenvalue weighted by atomic mass is 16.3. The molecule has 2 rings (SSSR count). The van der Waals surface area contributed by atoms with Crippen molar-refractivity contribution in [2.45, 2.75) is 31.8 Å². The lowest BCUT2D eigenvalue weighted by Gasteiger charge is -2.36. The minimum absolute atomic E-state index is 0.420. The molecule has 2 unspecified atom stereocenters. The highest BCUT2D eigenvalue weighted by molar-refractivity contribution is 5.34. The minimum Gasteiger partial charge on any atom is -0.392 e. The average molecular weight is 269 g/mol. The molecule has 0 bridgehead atoms. The fourth-order valence-electron chi connectivity index (χ4n) is 2.77. The summed E-state index contributed by atoms with van der Waals surface area (Å²) in [4.78, 5) is 0. The average Bonchev–Trinajstić information content (AvgIpc) is 2.47. The first kappa shape index (κ1) is 14.8. The molecule has 106 valence electrons. The Labute approximate surface area is 121 Å². The lowest BCUT2D eigenvalue weighted by molar-refractivity contribution is 0.100. The fourth-order valence-corrected chi connectivity index (χ4v) is 2.77. The van der Waals surface area contributed by atoms with Crippen molar-refractivity contribution < 1.29 is 5.11 Å². The van der Waals surface area contributed by atoms with E-state index >= 15 is 0 Å². The summed E-state index contributed by atoms with van der Waals surface area (Å²) in [5.74, 6) is 0. The summed E-state index contributed by atoms with van der Waals surface area (Å²) in [6, 6.07) is 18.4. The summed E-state index contributed by atoms with van der Waals surface area (Å²) in [6.45, 7) is 4.35. The molecule has 2 aromatic rings. The predicted molar refractivity (Wildman–Crippen MR) is 83.7 cm³/mol. The van der Waals surface area contributed by atoms with Gasteiger partial charge < -0.3 is 10.8 Å². The van der Waals surface area contributed by atoms with Crippen LogP contribution in [-0.2, 0) is 11.8 Å². The Balaban J connectivity index is 2.46. The summed E-state index contributed by atoms with van der Waals surface area (Å²) in [5, 5.41) is 10.4. The molecule has 3 N–H and O–H groups in total.